The van der Waals surface area contributed by atoms with E-state index in [0.29, 0.717) is 43.3 Å². The fourth-order valence-electron chi connectivity index (χ4n) is 2.56. The molecule has 1 amide bonds. The number of rotatable bonds is 6. The summed E-state index contributed by atoms with van der Waals surface area (Å²) in [6, 6.07) is 3.49. The van der Waals surface area contributed by atoms with Gasteiger partial charge in [0.2, 0.25) is 5.91 Å². The summed E-state index contributed by atoms with van der Waals surface area (Å²) in [6.07, 6.45) is 1.02. The minimum Gasteiger partial charge on any atom is -0.496 e. The molecule has 0 radical (unpaired) electrons. The van der Waals surface area contributed by atoms with E-state index in [-0.39, 0.29) is 24.9 Å². The molecule has 1 aliphatic rings. The number of carbonyl (C=O) groups excluding carboxylic acids is 1. The fraction of sp³-hybridized carbons (Fsp3) is 0.562. The van der Waals surface area contributed by atoms with Crippen LogP contribution >= 0.6 is 12.4 Å². The van der Waals surface area contributed by atoms with E-state index in [0.717, 1.165) is 5.56 Å². The lowest BCUT2D eigenvalue weighted by Gasteiger charge is -2.31. The van der Waals surface area contributed by atoms with E-state index in [1.54, 1.807) is 33.5 Å². The lowest BCUT2D eigenvalue weighted by molar-refractivity contribution is -0.129. The zero-order chi connectivity index (χ0) is 16.9. The monoisotopic (exact) mass is 360 g/mol. The second-order valence-corrected chi connectivity index (χ2v) is 5.46. The Morgan fingerprint density at radius 3 is 2.17 bits per heavy atom. The molecule has 1 aromatic carbocycles. The van der Waals surface area contributed by atoms with E-state index >= 15 is 0 Å². The van der Waals surface area contributed by atoms with E-state index in [9.17, 15) is 4.79 Å². The van der Waals surface area contributed by atoms with Crippen LogP contribution in [0.2, 0.25) is 0 Å². The highest BCUT2D eigenvalue weighted by atomic mass is 35.5. The number of hydrogen-bond donors (Lipinski definition) is 2. The molecule has 136 valence electrons. The Morgan fingerprint density at radius 1 is 1.17 bits per heavy atom. The molecule has 7 nitrogen and oxygen atoms in total. The van der Waals surface area contributed by atoms with Gasteiger partial charge in [0.15, 0.2) is 0 Å². The van der Waals surface area contributed by atoms with E-state index < -0.39 is 5.54 Å². The second-order valence-electron chi connectivity index (χ2n) is 5.46. The van der Waals surface area contributed by atoms with E-state index in [4.69, 9.17) is 24.7 Å². The molecule has 2 rings (SSSR count). The maximum atomic E-state index is 12.4. The Bertz CT molecular complexity index is 536. The molecule has 1 fully saturated rings. The topological polar surface area (TPSA) is 92.0 Å². The number of benzene rings is 1. The van der Waals surface area contributed by atoms with Crippen LogP contribution in [0, 0.1) is 0 Å². The third kappa shape index (κ3) is 4.43. The predicted molar refractivity (Wildman–Crippen MR) is 92.2 cm³/mol. The summed E-state index contributed by atoms with van der Waals surface area (Å²) in [5.41, 5.74) is 6.03. The van der Waals surface area contributed by atoms with Crippen LogP contribution in [0.15, 0.2) is 12.1 Å². The Hall–Kier alpha value is -1.70. The van der Waals surface area contributed by atoms with Crippen molar-refractivity contribution >= 4 is 18.3 Å². The number of nitrogens with two attached hydrogens (primary N) is 1. The first kappa shape index (κ1) is 20.3. The largest absolute Gasteiger partial charge is 0.496 e. The molecule has 3 N–H and O–H groups in total. The molecule has 1 aliphatic heterocycles. The maximum Gasteiger partial charge on any atom is 0.240 e. The number of methoxy groups -OCH3 is 3. The van der Waals surface area contributed by atoms with Crippen molar-refractivity contribution in [2.75, 3.05) is 34.5 Å². The van der Waals surface area contributed by atoms with Gasteiger partial charge in [-0.1, -0.05) is 0 Å². The van der Waals surface area contributed by atoms with Crippen molar-refractivity contribution in [1.29, 1.82) is 0 Å². The van der Waals surface area contributed by atoms with Crippen LogP contribution in [-0.4, -0.2) is 46.0 Å². The molecule has 0 unspecified atom stereocenters. The molecule has 1 heterocycles. The Kier molecular flexibility index (Phi) is 7.59. The first-order chi connectivity index (χ1) is 11.0. The van der Waals surface area contributed by atoms with Crippen LogP contribution < -0.4 is 25.3 Å². The van der Waals surface area contributed by atoms with Gasteiger partial charge in [0.25, 0.3) is 0 Å². The third-order valence-electron chi connectivity index (χ3n) is 4.08. The first-order valence-electron chi connectivity index (χ1n) is 7.48. The van der Waals surface area contributed by atoms with Crippen molar-refractivity contribution in [3.8, 4) is 17.2 Å². The fourth-order valence-corrected chi connectivity index (χ4v) is 2.56. The maximum absolute atomic E-state index is 12.4. The summed E-state index contributed by atoms with van der Waals surface area (Å²) >= 11 is 0. The summed E-state index contributed by atoms with van der Waals surface area (Å²) in [5, 5.41) is 2.88. The van der Waals surface area contributed by atoms with Gasteiger partial charge in [-0.05, 0) is 12.8 Å². The molecule has 0 aromatic heterocycles. The molecule has 0 atom stereocenters. The second kappa shape index (κ2) is 8.96. The van der Waals surface area contributed by atoms with Crippen molar-refractivity contribution in [2.24, 2.45) is 5.73 Å². The standard InChI is InChI=1S/C16H24N2O5.ClH/c1-20-11-8-13(21-2)12(14(9-11)22-3)10-18-15(19)16(17)4-6-23-7-5-16;/h8-9H,4-7,10,17H2,1-3H3,(H,18,19);1H. The van der Waals surface area contributed by atoms with Crippen LogP contribution in [0.3, 0.4) is 0 Å². The minimum absolute atomic E-state index is 0. The van der Waals surface area contributed by atoms with E-state index in [2.05, 4.69) is 5.32 Å². The van der Waals surface area contributed by atoms with Gasteiger partial charge < -0.3 is 30.0 Å². The quantitative estimate of drug-likeness (QED) is 0.793. The number of carbonyl (C=O) groups is 1. The number of halogens is 1. The molecule has 0 aliphatic carbocycles. The summed E-state index contributed by atoms with van der Waals surface area (Å²) in [6.45, 7) is 1.26. The van der Waals surface area contributed by atoms with Crippen LogP contribution in [-0.2, 0) is 16.1 Å². The van der Waals surface area contributed by atoms with Gasteiger partial charge in [-0.2, -0.15) is 0 Å². The number of amides is 1. The Labute approximate surface area is 148 Å². The highest BCUT2D eigenvalue weighted by Crippen LogP contribution is 2.34. The number of nitrogens with one attached hydrogen (secondary N) is 1. The minimum atomic E-state index is -0.884. The van der Waals surface area contributed by atoms with Gasteiger partial charge in [-0.15, -0.1) is 12.4 Å². The molecule has 0 bridgehead atoms. The van der Waals surface area contributed by atoms with Gasteiger partial charge in [0.1, 0.15) is 17.2 Å². The van der Waals surface area contributed by atoms with Crippen molar-refractivity contribution < 1.29 is 23.7 Å². The van der Waals surface area contributed by atoms with Gasteiger partial charge in [-0.3, -0.25) is 4.79 Å². The molecule has 1 aromatic rings. The van der Waals surface area contributed by atoms with Crippen molar-refractivity contribution in [3.63, 3.8) is 0 Å². The average Bonchev–Trinajstić information content (AvgIpc) is 2.59. The normalized spacial score (nSPS) is 15.8. The Morgan fingerprint density at radius 2 is 1.71 bits per heavy atom. The molecule has 1 saturated heterocycles. The van der Waals surface area contributed by atoms with Gasteiger partial charge in [-0.25, -0.2) is 0 Å². The summed E-state index contributed by atoms with van der Waals surface area (Å²) in [4.78, 5) is 12.4. The van der Waals surface area contributed by atoms with Crippen LogP contribution in [0.25, 0.3) is 0 Å². The van der Waals surface area contributed by atoms with Crippen molar-refractivity contribution in [1.82, 2.24) is 5.32 Å². The molecule has 8 heteroatoms. The molecular weight excluding hydrogens is 336 g/mol. The zero-order valence-corrected chi connectivity index (χ0v) is 15.0. The van der Waals surface area contributed by atoms with Gasteiger partial charge >= 0.3 is 0 Å². The van der Waals surface area contributed by atoms with Crippen LogP contribution in [0.4, 0.5) is 0 Å². The smallest absolute Gasteiger partial charge is 0.240 e. The predicted octanol–water partition coefficient (Wildman–Crippen LogP) is 1.26. The lowest BCUT2D eigenvalue weighted by atomic mass is 9.90. The lowest BCUT2D eigenvalue weighted by Crippen LogP contribution is -2.56. The van der Waals surface area contributed by atoms with E-state index in [1.807, 2.05) is 0 Å². The molecular formula is C16H25ClN2O5. The molecule has 0 saturated carbocycles. The third-order valence-corrected chi connectivity index (χ3v) is 4.08. The summed E-state index contributed by atoms with van der Waals surface area (Å²) in [5.74, 6) is 1.59. The van der Waals surface area contributed by atoms with Gasteiger partial charge in [0.05, 0.1) is 39.0 Å². The summed E-state index contributed by atoms with van der Waals surface area (Å²) < 4.78 is 21.2. The van der Waals surface area contributed by atoms with Crippen molar-refractivity contribution in [2.45, 2.75) is 24.9 Å². The number of ether oxygens (including phenoxy) is 4. The average molecular weight is 361 g/mol. The summed E-state index contributed by atoms with van der Waals surface area (Å²) in [7, 11) is 4.68. The first-order valence-corrected chi connectivity index (χ1v) is 7.48. The molecule has 0 spiro atoms. The Balaban J connectivity index is 0.00000288. The highest BCUT2D eigenvalue weighted by molar-refractivity contribution is 5.86. The number of hydrogen-bond acceptors (Lipinski definition) is 6. The van der Waals surface area contributed by atoms with Crippen molar-refractivity contribution in [3.05, 3.63) is 17.7 Å². The van der Waals surface area contributed by atoms with Crippen LogP contribution in [0.5, 0.6) is 17.2 Å². The van der Waals surface area contributed by atoms with Crippen LogP contribution in [0.1, 0.15) is 18.4 Å². The van der Waals surface area contributed by atoms with E-state index in [1.165, 1.54) is 0 Å². The zero-order valence-electron chi connectivity index (χ0n) is 14.2. The SMILES string of the molecule is COc1cc(OC)c(CNC(=O)C2(N)CCOCC2)c(OC)c1.Cl. The highest BCUT2D eigenvalue weighted by Gasteiger charge is 2.35. The van der Waals surface area contributed by atoms with Gasteiger partial charge in [0, 0.05) is 25.3 Å². The molecule has 24 heavy (non-hydrogen) atoms.